The second-order valence-corrected chi connectivity index (χ2v) is 31.1. The molecule has 0 amide bonds. The molecule has 1 aliphatic carbocycles. The van der Waals surface area contributed by atoms with Crippen LogP contribution in [0.5, 0.6) is 0 Å². The summed E-state index contributed by atoms with van der Waals surface area (Å²) in [7, 11) is -9.78. The monoisotopic (exact) mass is 938 g/mol. The summed E-state index contributed by atoms with van der Waals surface area (Å²) < 4.78 is 72.3. The quantitative estimate of drug-likeness (QED) is 0.0527. The van der Waals surface area contributed by atoms with Crippen LogP contribution in [-0.4, -0.2) is 53.3 Å². The number of rotatable bonds is 21. The Morgan fingerprint density at radius 1 is 0.385 bits per heavy atom. The highest BCUT2D eigenvalue weighted by Crippen LogP contribution is 2.55. The number of hydrogen-bond donors (Lipinski definition) is 0. The Morgan fingerprint density at radius 3 is 0.892 bits per heavy atom. The van der Waals surface area contributed by atoms with Crippen molar-refractivity contribution in [2.75, 3.05) is 0 Å². The Hall–Kier alpha value is -3.56. The maximum Gasteiger partial charge on any atom is 0.475 e. The largest absolute Gasteiger partial charge is 0.475 e. The van der Waals surface area contributed by atoms with Crippen molar-refractivity contribution in [2.24, 2.45) is 0 Å². The molecule has 0 radical (unpaired) electrons. The highest BCUT2D eigenvalue weighted by atomic mass is 31.2. The third-order valence-electron chi connectivity index (χ3n) is 13.0. The summed E-state index contributed by atoms with van der Waals surface area (Å²) in [6.07, 6.45) is -5.23. The number of hydrogen-bond acceptors (Lipinski definition) is 9. The van der Waals surface area contributed by atoms with E-state index in [2.05, 4.69) is 79.9 Å². The maximum atomic E-state index is 15.7. The molecule has 0 heterocycles. The molecule has 0 spiro atoms. The Labute approximate surface area is 391 Å². The zero-order valence-electron chi connectivity index (χ0n) is 40.1. The second-order valence-electron chi connectivity index (χ2n) is 20.0. The van der Waals surface area contributed by atoms with E-state index in [0.29, 0.717) is 0 Å². The van der Waals surface area contributed by atoms with Crippen LogP contribution in [0.15, 0.2) is 152 Å². The van der Waals surface area contributed by atoms with E-state index in [1.165, 1.54) is 0 Å². The van der Waals surface area contributed by atoms with E-state index >= 15 is 4.57 Å². The van der Waals surface area contributed by atoms with Crippen molar-refractivity contribution in [2.45, 2.75) is 147 Å². The van der Waals surface area contributed by atoms with E-state index in [-0.39, 0.29) is 43.1 Å². The number of benzene rings is 5. The standard InChI is InChI=1S/C53H71O9PSi2/c1-52(2,3)64(7,8)61-50-46(55-36-41-26-16-11-17-27-41)49(60-63(54,58-39-44-32-22-14-23-33-44)59-40-45-34-24-15-25-35-45)47(56-37-42-28-18-12-19-29-42)51(62-65(9,10)53(4,5)6)48(50)57-38-43-30-20-13-21-31-43/h11-35,46-51H,36-40H2,1-10H3/t46-,47-,48?,49?,50-,51+/m0/s1. The zero-order valence-corrected chi connectivity index (χ0v) is 42.9. The minimum absolute atomic E-state index is 0.0265. The zero-order chi connectivity index (χ0) is 46.7. The van der Waals surface area contributed by atoms with Gasteiger partial charge in [-0.2, -0.15) is 0 Å². The molecule has 12 heteroatoms. The van der Waals surface area contributed by atoms with Crippen LogP contribution in [-0.2, 0) is 74.2 Å². The molecule has 1 fully saturated rings. The van der Waals surface area contributed by atoms with Crippen LogP contribution in [0, 0.1) is 0 Å². The molecule has 0 saturated heterocycles. The van der Waals surface area contributed by atoms with Gasteiger partial charge in [-0.05, 0) is 64.1 Å². The summed E-state index contributed by atoms with van der Waals surface area (Å²) in [5.74, 6) is 0. The lowest BCUT2D eigenvalue weighted by atomic mass is 9.84. The Balaban J connectivity index is 1.56. The first-order valence-corrected chi connectivity index (χ1v) is 30.1. The van der Waals surface area contributed by atoms with E-state index < -0.39 is 61.1 Å². The average Bonchev–Trinajstić information content (AvgIpc) is 3.28. The lowest BCUT2D eigenvalue weighted by Crippen LogP contribution is -2.70. The summed E-state index contributed by atoms with van der Waals surface area (Å²) in [5, 5.41) is -0.415. The predicted molar refractivity (Wildman–Crippen MR) is 264 cm³/mol. The molecule has 350 valence electrons. The fourth-order valence-corrected chi connectivity index (χ4v) is 11.1. The molecule has 1 aliphatic rings. The predicted octanol–water partition coefficient (Wildman–Crippen LogP) is 13.5. The van der Waals surface area contributed by atoms with Gasteiger partial charge in [0, 0.05) is 0 Å². The highest BCUT2D eigenvalue weighted by molar-refractivity contribution is 7.48. The maximum absolute atomic E-state index is 15.7. The fraction of sp³-hybridized carbons (Fsp3) is 0.434. The molecule has 5 aromatic carbocycles. The van der Waals surface area contributed by atoms with Crippen LogP contribution in [0.3, 0.4) is 0 Å². The third-order valence-corrected chi connectivity index (χ3v) is 23.3. The number of phosphoric acid groups is 1. The van der Waals surface area contributed by atoms with Crippen LogP contribution in [0.2, 0.25) is 36.3 Å². The molecule has 0 aromatic heterocycles. The summed E-state index contributed by atoms with van der Waals surface area (Å²) in [6.45, 7) is 22.8. The molecule has 0 bridgehead atoms. The highest BCUT2D eigenvalue weighted by Gasteiger charge is 2.60. The van der Waals surface area contributed by atoms with Crippen LogP contribution < -0.4 is 0 Å². The van der Waals surface area contributed by atoms with Crippen molar-refractivity contribution < 1.29 is 41.2 Å². The van der Waals surface area contributed by atoms with Gasteiger partial charge in [0.1, 0.15) is 36.6 Å². The lowest BCUT2D eigenvalue weighted by molar-refractivity contribution is -0.252. The van der Waals surface area contributed by atoms with Crippen LogP contribution in [0.25, 0.3) is 0 Å². The first kappa shape index (κ1) is 50.8. The van der Waals surface area contributed by atoms with Gasteiger partial charge in [-0.25, -0.2) is 4.57 Å². The van der Waals surface area contributed by atoms with E-state index in [0.717, 1.165) is 27.8 Å². The van der Waals surface area contributed by atoms with Crippen molar-refractivity contribution in [1.82, 2.24) is 0 Å². The molecular weight excluding hydrogens is 868 g/mol. The Kier molecular flexibility index (Phi) is 17.6. The lowest BCUT2D eigenvalue weighted by Gasteiger charge is -2.54. The van der Waals surface area contributed by atoms with Gasteiger partial charge in [0.2, 0.25) is 0 Å². The van der Waals surface area contributed by atoms with E-state index in [1.807, 2.05) is 140 Å². The van der Waals surface area contributed by atoms with Crippen molar-refractivity contribution in [3.63, 3.8) is 0 Å². The van der Waals surface area contributed by atoms with Gasteiger partial charge in [0.25, 0.3) is 0 Å². The SMILES string of the molecule is CC(C)(C)[Si](C)(C)O[C@@H]1C(OCc2ccccc2)[C@H](O[Si](C)(C)C(C)(C)C)[C@@H](OCc2ccccc2)C(OP(=O)(OCc2ccccc2)OCc2ccccc2)[C@@H]1OCc1ccccc1. The molecule has 6 atom stereocenters. The van der Waals surface area contributed by atoms with Crippen molar-refractivity contribution in [3.05, 3.63) is 179 Å². The van der Waals surface area contributed by atoms with Crippen LogP contribution in [0.1, 0.15) is 69.4 Å². The van der Waals surface area contributed by atoms with Gasteiger partial charge in [-0.3, -0.25) is 13.6 Å². The van der Waals surface area contributed by atoms with E-state index in [1.54, 1.807) is 0 Å². The molecule has 0 aliphatic heterocycles. The summed E-state index contributed by atoms with van der Waals surface area (Å²) in [4.78, 5) is 0. The van der Waals surface area contributed by atoms with Gasteiger partial charge in [-0.15, -0.1) is 0 Å². The molecule has 2 unspecified atom stereocenters. The first-order chi connectivity index (χ1) is 30.8. The third kappa shape index (κ3) is 14.2. The van der Waals surface area contributed by atoms with Gasteiger partial charge in [0.15, 0.2) is 16.6 Å². The number of ether oxygens (including phenoxy) is 3. The van der Waals surface area contributed by atoms with Crippen molar-refractivity contribution >= 4 is 24.5 Å². The van der Waals surface area contributed by atoms with Gasteiger partial charge in [0.05, 0.1) is 33.0 Å². The van der Waals surface area contributed by atoms with E-state index in [4.69, 9.17) is 36.6 Å². The molecule has 1 saturated carbocycles. The summed E-state index contributed by atoms with van der Waals surface area (Å²) in [5.41, 5.74) is 4.52. The molecule has 6 rings (SSSR count). The molecule has 9 nitrogen and oxygen atoms in total. The second kappa shape index (κ2) is 22.5. The normalized spacial score (nSPS) is 21.0. The first-order valence-electron chi connectivity index (χ1n) is 22.8. The molecule has 5 aromatic rings. The van der Waals surface area contributed by atoms with Crippen LogP contribution >= 0.6 is 7.82 Å². The Bertz CT molecular complexity index is 2070. The minimum atomic E-state index is -4.48. The van der Waals surface area contributed by atoms with Gasteiger partial charge in [-0.1, -0.05) is 193 Å². The fourth-order valence-electron chi connectivity index (χ4n) is 7.12. The smallest absolute Gasteiger partial charge is 0.408 e. The van der Waals surface area contributed by atoms with Crippen LogP contribution in [0.4, 0.5) is 0 Å². The van der Waals surface area contributed by atoms with E-state index in [9.17, 15) is 0 Å². The number of phosphoric ester groups is 1. The van der Waals surface area contributed by atoms with Gasteiger partial charge < -0.3 is 23.1 Å². The topological polar surface area (TPSA) is 90.9 Å². The average molecular weight is 939 g/mol. The minimum Gasteiger partial charge on any atom is -0.408 e. The summed E-state index contributed by atoms with van der Waals surface area (Å²) in [6, 6.07) is 49.3. The summed E-state index contributed by atoms with van der Waals surface area (Å²) >= 11 is 0. The van der Waals surface area contributed by atoms with Crippen molar-refractivity contribution in [1.29, 1.82) is 0 Å². The van der Waals surface area contributed by atoms with Gasteiger partial charge >= 0.3 is 7.82 Å². The molecular formula is C53H71O9PSi2. The molecule has 65 heavy (non-hydrogen) atoms. The molecule has 0 N–H and O–H groups in total. The van der Waals surface area contributed by atoms with Crippen molar-refractivity contribution in [3.8, 4) is 0 Å². The Morgan fingerprint density at radius 2 is 0.631 bits per heavy atom.